The Kier molecular flexibility index (Phi) is 1.87. The van der Waals surface area contributed by atoms with Gasteiger partial charge < -0.3 is 4.74 Å². The molecule has 0 spiro atoms. The van der Waals surface area contributed by atoms with Crippen LogP contribution >= 0.6 is 0 Å². The van der Waals surface area contributed by atoms with Gasteiger partial charge in [0, 0.05) is 0 Å². The second-order valence-electron chi connectivity index (χ2n) is 4.47. The molecule has 0 N–H and O–H groups in total. The Labute approximate surface area is 109 Å². The van der Waals surface area contributed by atoms with Crippen LogP contribution in [-0.2, 0) is 0 Å². The van der Waals surface area contributed by atoms with E-state index in [1.807, 2.05) is 41.0 Å². The molecule has 1 aromatic heterocycles. The number of aromatic nitrogens is 2. The Bertz CT molecular complexity index is 833. The molecule has 0 unspecified atom stereocenters. The quantitative estimate of drug-likeness (QED) is 0.521. The highest BCUT2D eigenvalue weighted by Crippen LogP contribution is 2.33. The van der Waals surface area contributed by atoms with Gasteiger partial charge in [0.2, 0.25) is 5.78 Å². The van der Waals surface area contributed by atoms with E-state index in [1.165, 1.54) is 0 Å². The van der Waals surface area contributed by atoms with E-state index in [-0.39, 0.29) is 5.78 Å². The molecule has 0 bridgehead atoms. The SMILES string of the molecule is COc1ccc2c(c1)C(=O)c1nc3ccccc3n1-2. The summed E-state index contributed by atoms with van der Waals surface area (Å²) in [6, 6.07) is 13.3. The molecule has 4 rings (SSSR count). The number of hydrogen-bond donors (Lipinski definition) is 0. The highest BCUT2D eigenvalue weighted by Gasteiger charge is 2.30. The van der Waals surface area contributed by atoms with E-state index >= 15 is 0 Å². The van der Waals surface area contributed by atoms with Gasteiger partial charge in [0.25, 0.3) is 0 Å². The first-order valence-corrected chi connectivity index (χ1v) is 6.00. The van der Waals surface area contributed by atoms with Crippen molar-refractivity contribution in [1.29, 1.82) is 0 Å². The Morgan fingerprint density at radius 2 is 2.00 bits per heavy atom. The maximum atomic E-state index is 12.4. The third-order valence-electron chi connectivity index (χ3n) is 3.45. The van der Waals surface area contributed by atoms with Crippen LogP contribution in [-0.4, -0.2) is 22.4 Å². The molecule has 1 aliphatic heterocycles. The molecule has 0 radical (unpaired) electrons. The number of ketones is 1. The van der Waals surface area contributed by atoms with Crippen molar-refractivity contribution in [1.82, 2.24) is 9.55 Å². The van der Waals surface area contributed by atoms with E-state index in [0.717, 1.165) is 16.7 Å². The molecule has 0 fully saturated rings. The van der Waals surface area contributed by atoms with E-state index in [9.17, 15) is 4.79 Å². The Hall–Kier alpha value is -2.62. The van der Waals surface area contributed by atoms with Crippen molar-refractivity contribution in [2.24, 2.45) is 0 Å². The summed E-state index contributed by atoms with van der Waals surface area (Å²) in [6.07, 6.45) is 0. The number of fused-ring (bicyclic) bond motifs is 5. The number of carbonyl (C=O) groups is 1. The van der Waals surface area contributed by atoms with E-state index in [1.54, 1.807) is 13.2 Å². The van der Waals surface area contributed by atoms with Crippen molar-refractivity contribution < 1.29 is 9.53 Å². The number of imidazole rings is 1. The second-order valence-corrected chi connectivity index (χ2v) is 4.47. The van der Waals surface area contributed by atoms with Gasteiger partial charge in [0.15, 0.2) is 5.82 Å². The lowest BCUT2D eigenvalue weighted by Gasteiger charge is -2.04. The number of benzene rings is 2. The number of carbonyl (C=O) groups excluding carboxylic acids is 1. The van der Waals surface area contributed by atoms with Crippen LogP contribution in [0.5, 0.6) is 5.75 Å². The standard InChI is InChI=1S/C15H10N2O2/c1-19-9-6-7-12-10(8-9)14(18)15-16-11-4-2-3-5-13(11)17(12)15/h2-8H,1H3. The zero-order valence-electron chi connectivity index (χ0n) is 10.3. The van der Waals surface area contributed by atoms with Crippen molar-refractivity contribution in [3.63, 3.8) is 0 Å². The van der Waals surface area contributed by atoms with E-state index in [4.69, 9.17) is 4.74 Å². The van der Waals surface area contributed by atoms with Crippen molar-refractivity contribution in [3.05, 3.63) is 53.9 Å². The third kappa shape index (κ3) is 1.23. The van der Waals surface area contributed by atoms with Crippen LogP contribution in [0, 0.1) is 0 Å². The summed E-state index contributed by atoms with van der Waals surface area (Å²) in [6.45, 7) is 0. The van der Waals surface area contributed by atoms with Crippen molar-refractivity contribution in [2.45, 2.75) is 0 Å². The van der Waals surface area contributed by atoms with Gasteiger partial charge in [-0.15, -0.1) is 0 Å². The Balaban J connectivity index is 2.09. The van der Waals surface area contributed by atoms with Crippen LogP contribution in [0.3, 0.4) is 0 Å². The summed E-state index contributed by atoms with van der Waals surface area (Å²) in [5.74, 6) is 1.11. The highest BCUT2D eigenvalue weighted by atomic mass is 16.5. The largest absolute Gasteiger partial charge is 0.497 e. The average molecular weight is 250 g/mol. The van der Waals surface area contributed by atoms with Gasteiger partial charge in [-0.05, 0) is 30.3 Å². The predicted molar refractivity (Wildman–Crippen MR) is 71.1 cm³/mol. The molecule has 0 atom stereocenters. The number of nitrogens with zero attached hydrogens (tertiary/aromatic N) is 2. The summed E-state index contributed by atoms with van der Waals surface area (Å²) in [5.41, 5.74) is 3.31. The molecule has 2 aromatic carbocycles. The third-order valence-corrected chi connectivity index (χ3v) is 3.45. The van der Waals surface area contributed by atoms with Gasteiger partial charge in [-0.1, -0.05) is 12.1 Å². The van der Waals surface area contributed by atoms with Crippen molar-refractivity contribution in [3.8, 4) is 11.4 Å². The fourth-order valence-electron chi connectivity index (χ4n) is 2.56. The summed E-state index contributed by atoms with van der Waals surface area (Å²) in [7, 11) is 1.59. The van der Waals surface area contributed by atoms with Gasteiger partial charge >= 0.3 is 0 Å². The van der Waals surface area contributed by atoms with Gasteiger partial charge in [0.05, 0.1) is 29.4 Å². The summed E-state index contributed by atoms with van der Waals surface area (Å²) < 4.78 is 7.08. The number of rotatable bonds is 1. The average Bonchev–Trinajstić information content (AvgIpc) is 2.96. The summed E-state index contributed by atoms with van der Waals surface area (Å²) in [4.78, 5) is 16.8. The molecule has 3 aromatic rings. The van der Waals surface area contributed by atoms with Crippen LogP contribution in [0.15, 0.2) is 42.5 Å². The van der Waals surface area contributed by atoms with Crippen LogP contribution < -0.4 is 4.74 Å². The van der Waals surface area contributed by atoms with Gasteiger partial charge in [-0.3, -0.25) is 9.36 Å². The van der Waals surface area contributed by atoms with Gasteiger partial charge in [-0.2, -0.15) is 0 Å². The highest BCUT2D eigenvalue weighted by molar-refractivity contribution is 6.15. The molecule has 0 aliphatic carbocycles. The molecule has 0 saturated carbocycles. The van der Waals surface area contributed by atoms with Crippen LogP contribution in [0.25, 0.3) is 16.7 Å². The van der Waals surface area contributed by atoms with Crippen molar-refractivity contribution in [2.75, 3.05) is 7.11 Å². The van der Waals surface area contributed by atoms with Gasteiger partial charge in [-0.25, -0.2) is 4.98 Å². The number of para-hydroxylation sites is 2. The Morgan fingerprint density at radius 1 is 1.16 bits per heavy atom. The minimum atomic E-state index is -0.0508. The molecule has 2 heterocycles. The lowest BCUT2D eigenvalue weighted by Crippen LogP contribution is -1.97. The lowest BCUT2D eigenvalue weighted by atomic mass is 10.1. The summed E-state index contributed by atoms with van der Waals surface area (Å²) in [5, 5.41) is 0. The van der Waals surface area contributed by atoms with Crippen molar-refractivity contribution >= 4 is 16.8 Å². The first-order chi connectivity index (χ1) is 9.29. The van der Waals surface area contributed by atoms with E-state index < -0.39 is 0 Å². The maximum absolute atomic E-state index is 12.4. The number of hydrogen-bond acceptors (Lipinski definition) is 3. The fourth-order valence-corrected chi connectivity index (χ4v) is 2.56. The molecule has 4 heteroatoms. The molecular weight excluding hydrogens is 240 g/mol. The zero-order chi connectivity index (χ0) is 13.0. The fraction of sp³-hybridized carbons (Fsp3) is 0.0667. The molecule has 1 aliphatic rings. The van der Waals surface area contributed by atoms with Crippen LogP contribution in [0.4, 0.5) is 0 Å². The first kappa shape index (κ1) is 10.3. The monoisotopic (exact) mass is 250 g/mol. The van der Waals surface area contributed by atoms with Gasteiger partial charge in [0.1, 0.15) is 5.75 Å². The zero-order valence-corrected chi connectivity index (χ0v) is 10.3. The molecular formula is C15H10N2O2. The molecule has 0 saturated heterocycles. The molecule has 19 heavy (non-hydrogen) atoms. The smallest absolute Gasteiger partial charge is 0.231 e. The van der Waals surface area contributed by atoms with Crippen LogP contribution in [0.1, 0.15) is 16.2 Å². The summed E-state index contributed by atoms with van der Waals surface area (Å²) >= 11 is 0. The van der Waals surface area contributed by atoms with E-state index in [2.05, 4.69) is 4.98 Å². The number of ether oxygens (including phenoxy) is 1. The molecule has 92 valence electrons. The van der Waals surface area contributed by atoms with E-state index in [0.29, 0.717) is 17.1 Å². The number of methoxy groups -OCH3 is 1. The first-order valence-electron chi connectivity index (χ1n) is 6.00. The lowest BCUT2D eigenvalue weighted by molar-refractivity contribution is 0.103. The molecule has 0 amide bonds. The Morgan fingerprint density at radius 3 is 2.84 bits per heavy atom. The topological polar surface area (TPSA) is 44.1 Å². The maximum Gasteiger partial charge on any atom is 0.231 e. The predicted octanol–water partition coefficient (Wildman–Crippen LogP) is 2.58. The minimum absolute atomic E-state index is 0.0508. The van der Waals surface area contributed by atoms with Crippen LogP contribution in [0.2, 0.25) is 0 Å². The normalized spacial score (nSPS) is 12.6. The molecule has 4 nitrogen and oxygen atoms in total. The minimum Gasteiger partial charge on any atom is -0.497 e. The second kappa shape index (κ2) is 3.45.